The van der Waals surface area contributed by atoms with E-state index >= 15 is 0 Å². The zero-order valence-corrected chi connectivity index (χ0v) is 12.7. The summed E-state index contributed by atoms with van der Waals surface area (Å²) in [5, 5.41) is 10.7. The summed E-state index contributed by atoms with van der Waals surface area (Å²) in [5.74, 6) is 0.945. The number of nitro benzene ring substituents is 1. The summed E-state index contributed by atoms with van der Waals surface area (Å²) in [6.45, 7) is 6.25. The van der Waals surface area contributed by atoms with Crippen molar-refractivity contribution in [3.05, 3.63) is 45.5 Å². The number of carbonyl (C=O) groups excluding carboxylic acids is 1. The topological polar surface area (TPSA) is 60.2 Å². The van der Waals surface area contributed by atoms with Crippen LogP contribution in [0.3, 0.4) is 0 Å². The van der Waals surface area contributed by atoms with Crippen LogP contribution in [0.5, 0.6) is 0 Å². The van der Waals surface area contributed by atoms with Crippen LogP contribution in [0.4, 0.5) is 5.69 Å². The lowest BCUT2D eigenvalue weighted by atomic mass is 9.73. The van der Waals surface area contributed by atoms with Crippen molar-refractivity contribution in [2.24, 2.45) is 17.8 Å². The summed E-state index contributed by atoms with van der Waals surface area (Å²) in [5.41, 5.74) is 1.77. The molecule has 2 unspecified atom stereocenters. The van der Waals surface area contributed by atoms with Gasteiger partial charge in [0.25, 0.3) is 5.69 Å². The molecule has 1 aliphatic carbocycles. The van der Waals surface area contributed by atoms with E-state index in [2.05, 4.69) is 20.8 Å². The van der Waals surface area contributed by atoms with Gasteiger partial charge in [-0.15, -0.1) is 0 Å². The van der Waals surface area contributed by atoms with Gasteiger partial charge < -0.3 is 0 Å². The Morgan fingerprint density at radius 2 is 1.86 bits per heavy atom. The fourth-order valence-electron chi connectivity index (χ4n) is 2.89. The normalized spacial score (nSPS) is 24.6. The van der Waals surface area contributed by atoms with Gasteiger partial charge in [0.05, 0.1) is 4.92 Å². The van der Waals surface area contributed by atoms with Crippen LogP contribution in [0.1, 0.15) is 39.2 Å². The number of hydrogen-bond donors (Lipinski definition) is 0. The molecule has 0 heterocycles. The zero-order chi connectivity index (χ0) is 15.6. The van der Waals surface area contributed by atoms with Crippen LogP contribution >= 0.6 is 0 Å². The zero-order valence-electron chi connectivity index (χ0n) is 12.7. The van der Waals surface area contributed by atoms with Gasteiger partial charge in [0.15, 0.2) is 5.78 Å². The van der Waals surface area contributed by atoms with Crippen LogP contribution in [0.15, 0.2) is 29.8 Å². The van der Waals surface area contributed by atoms with Gasteiger partial charge >= 0.3 is 0 Å². The number of rotatable bonds is 3. The molecule has 0 aromatic heterocycles. The van der Waals surface area contributed by atoms with E-state index < -0.39 is 4.92 Å². The van der Waals surface area contributed by atoms with Crippen LogP contribution in [0.25, 0.3) is 6.08 Å². The maximum atomic E-state index is 12.6. The minimum Gasteiger partial charge on any atom is -0.294 e. The Morgan fingerprint density at radius 1 is 1.24 bits per heavy atom. The van der Waals surface area contributed by atoms with Crippen LogP contribution in [-0.2, 0) is 4.79 Å². The molecule has 2 atom stereocenters. The molecule has 1 aliphatic rings. The first-order valence-electron chi connectivity index (χ1n) is 7.40. The number of ketones is 1. The summed E-state index contributed by atoms with van der Waals surface area (Å²) >= 11 is 0. The van der Waals surface area contributed by atoms with Gasteiger partial charge in [-0.05, 0) is 54.0 Å². The second-order valence-electron chi connectivity index (χ2n) is 6.14. The molecule has 0 radical (unpaired) electrons. The second kappa shape index (κ2) is 6.20. The highest BCUT2D eigenvalue weighted by Gasteiger charge is 2.32. The molecule has 0 spiro atoms. The molecule has 112 valence electrons. The molecule has 2 rings (SSSR count). The lowest BCUT2D eigenvalue weighted by Gasteiger charge is -2.30. The molecular formula is C17H21NO3. The minimum absolute atomic E-state index is 0.0697. The van der Waals surface area contributed by atoms with Crippen molar-refractivity contribution < 1.29 is 9.72 Å². The van der Waals surface area contributed by atoms with E-state index in [0.717, 1.165) is 24.0 Å². The molecular weight excluding hydrogens is 266 g/mol. The maximum absolute atomic E-state index is 12.6. The lowest BCUT2D eigenvalue weighted by molar-refractivity contribution is -0.384. The minimum atomic E-state index is -0.417. The standard InChI is InChI=1S/C17H21NO3/c1-11(2)15-9-4-12(3)16(17(15)19)10-13-5-7-14(8-6-13)18(20)21/h5-8,10-12,15H,4,9H2,1-3H3/b16-10-. The van der Waals surface area contributed by atoms with Gasteiger partial charge in [0.1, 0.15) is 0 Å². The predicted molar refractivity (Wildman–Crippen MR) is 82.8 cm³/mol. The molecule has 21 heavy (non-hydrogen) atoms. The summed E-state index contributed by atoms with van der Waals surface area (Å²) in [6, 6.07) is 6.35. The van der Waals surface area contributed by atoms with E-state index in [-0.39, 0.29) is 23.3 Å². The van der Waals surface area contributed by atoms with E-state index in [9.17, 15) is 14.9 Å². The molecule has 1 aromatic carbocycles. The lowest BCUT2D eigenvalue weighted by Crippen LogP contribution is -2.30. The van der Waals surface area contributed by atoms with Crippen LogP contribution < -0.4 is 0 Å². The van der Waals surface area contributed by atoms with Crippen molar-refractivity contribution in [1.29, 1.82) is 0 Å². The quantitative estimate of drug-likeness (QED) is 0.474. The molecule has 1 aromatic rings. The van der Waals surface area contributed by atoms with Crippen molar-refractivity contribution in [1.82, 2.24) is 0 Å². The fraction of sp³-hybridized carbons (Fsp3) is 0.471. The third kappa shape index (κ3) is 3.38. The number of non-ortho nitro benzene ring substituents is 1. The first-order valence-corrected chi connectivity index (χ1v) is 7.40. The summed E-state index contributed by atoms with van der Waals surface area (Å²) < 4.78 is 0. The number of carbonyl (C=O) groups is 1. The Labute approximate surface area is 125 Å². The number of Topliss-reactive ketones (excluding diaryl/α,β-unsaturated/α-hetero) is 1. The third-order valence-electron chi connectivity index (χ3n) is 4.29. The molecule has 0 saturated heterocycles. The Kier molecular flexibility index (Phi) is 4.56. The highest BCUT2D eigenvalue weighted by Crippen LogP contribution is 2.35. The third-order valence-corrected chi connectivity index (χ3v) is 4.29. The van der Waals surface area contributed by atoms with Gasteiger partial charge in [-0.3, -0.25) is 14.9 Å². The molecule has 4 nitrogen and oxygen atoms in total. The van der Waals surface area contributed by atoms with E-state index in [1.807, 2.05) is 6.08 Å². The fourth-order valence-corrected chi connectivity index (χ4v) is 2.89. The summed E-state index contributed by atoms with van der Waals surface area (Å²) in [7, 11) is 0. The first-order chi connectivity index (χ1) is 9.90. The summed E-state index contributed by atoms with van der Waals surface area (Å²) in [6.07, 6.45) is 3.87. The number of benzene rings is 1. The molecule has 1 fully saturated rings. The van der Waals surface area contributed by atoms with Gasteiger partial charge in [0, 0.05) is 18.1 Å². The highest BCUT2D eigenvalue weighted by molar-refractivity contribution is 6.02. The molecule has 0 aliphatic heterocycles. The van der Waals surface area contributed by atoms with E-state index in [1.54, 1.807) is 12.1 Å². The summed E-state index contributed by atoms with van der Waals surface area (Å²) in [4.78, 5) is 22.8. The second-order valence-corrected chi connectivity index (χ2v) is 6.14. The van der Waals surface area contributed by atoms with E-state index in [0.29, 0.717) is 5.92 Å². The van der Waals surface area contributed by atoms with Crippen molar-refractivity contribution in [3.8, 4) is 0 Å². The van der Waals surface area contributed by atoms with Gasteiger partial charge in [-0.1, -0.05) is 20.8 Å². The molecule has 0 amide bonds. The van der Waals surface area contributed by atoms with Gasteiger partial charge in [-0.2, -0.15) is 0 Å². The van der Waals surface area contributed by atoms with Gasteiger partial charge in [0.2, 0.25) is 0 Å². The van der Waals surface area contributed by atoms with Crippen molar-refractivity contribution in [3.63, 3.8) is 0 Å². The largest absolute Gasteiger partial charge is 0.294 e. The number of allylic oxidation sites excluding steroid dienone is 1. The van der Waals surface area contributed by atoms with Crippen molar-refractivity contribution in [2.45, 2.75) is 33.6 Å². The molecule has 0 bridgehead atoms. The van der Waals surface area contributed by atoms with E-state index in [1.165, 1.54) is 12.1 Å². The van der Waals surface area contributed by atoms with Crippen LogP contribution in [0.2, 0.25) is 0 Å². The number of nitrogens with zero attached hydrogens (tertiary/aromatic N) is 1. The Bertz CT molecular complexity index is 572. The first kappa shape index (κ1) is 15.4. The molecule has 4 heteroatoms. The number of nitro groups is 1. The average Bonchev–Trinajstić information content (AvgIpc) is 2.43. The smallest absolute Gasteiger partial charge is 0.269 e. The van der Waals surface area contributed by atoms with Crippen molar-refractivity contribution >= 4 is 17.5 Å². The monoisotopic (exact) mass is 287 g/mol. The van der Waals surface area contributed by atoms with E-state index in [4.69, 9.17) is 0 Å². The van der Waals surface area contributed by atoms with Gasteiger partial charge in [-0.25, -0.2) is 0 Å². The predicted octanol–water partition coefficient (Wildman–Crippen LogP) is 4.25. The van der Waals surface area contributed by atoms with Crippen molar-refractivity contribution in [2.75, 3.05) is 0 Å². The Morgan fingerprint density at radius 3 is 2.38 bits per heavy atom. The molecule has 0 N–H and O–H groups in total. The Hall–Kier alpha value is -1.97. The maximum Gasteiger partial charge on any atom is 0.269 e. The molecule has 1 saturated carbocycles. The SMILES string of the molecule is CC1CCC(C(C)C)C(=O)/C1=C\c1ccc([N+](=O)[O-])cc1. The van der Waals surface area contributed by atoms with Crippen LogP contribution in [-0.4, -0.2) is 10.7 Å². The average molecular weight is 287 g/mol. The highest BCUT2D eigenvalue weighted by atomic mass is 16.6. The Balaban J connectivity index is 2.28. The van der Waals surface area contributed by atoms with Crippen LogP contribution in [0, 0.1) is 27.9 Å². The number of hydrogen-bond acceptors (Lipinski definition) is 3.